The van der Waals surface area contributed by atoms with E-state index in [4.69, 9.17) is 0 Å². The maximum Gasteiger partial charge on any atom is 0.0936 e. The normalized spacial score (nSPS) is 50.8. The molecule has 0 aromatic heterocycles. The summed E-state index contributed by atoms with van der Waals surface area (Å²) >= 11 is 0. The number of hydrogen-bond donors (Lipinski definition) is 2. The van der Waals surface area contributed by atoms with E-state index in [1.54, 1.807) is 0 Å². The van der Waals surface area contributed by atoms with Gasteiger partial charge in [-0.1, -0.05) is 20.8 Å². The van der Waals surface area contributed by atoms with Crippen LogP contribution in [-0.2, 0) is 0 Å². The van der Waals surface area contributed by atoms with Gasteiger partial charge in [-0.25, -0.2) is 0 Å². The van der Waals surface area contributed by atoms with Gasteiger partial charge < -0.3 is 10.2 Å². The topological polar surface area (TPSA) is 40.5 Å². The van der Waals surface area contributed by atoms with Gasteiger partial charge >= 0.3 is 0 Å². The van der Waals surface area contributed by atoms with E-state index >= 15 is 0 Å². The molecule has 2 bridgehead atoms. The monoisotopic (exact) mass is 198 g/mol. The molecule has 0 unspecified atom stereocenters. The number of aliphatic hydroxyl groups is 2. The van der Waals surface area contributed by atoms with E-state index in [0.717, 1.165) is 12.8 Å². The van der Waals surface area contributed by atoms with Gasteiger partial charge in [-0.15, -0.1) is 0 Å². The Hall–Kier alpha value is -0.0800. The highest BCUT2D eigenvalue weighted by molar-refractivity contribution is 5.09. The van der Waals surface area contributed by atoms with Crippen molar-refractivity contribution in [3.63, 3.8) is 0 Å². The van der Waals surface area contributed by atoms with E-state index in [0.29, 0.717) is 18.3 Å². The van der Waals surface area contributed by atoms with E-state index in [1.807, 2.05) is 6.92 Å². The van der Waals surface area contributed by atoms with Crippen LogP contribution in [-0.4, -0.2) is 21.9 Å². The summed E-state index contributed by atoms with van der Waals surface area (Å²) in [7, 11) is 0. The molecule has 2 fully saturated rings. The van der Waals surface area contributed by atoms with Gasteiger partial charge in [0.25, 0.3) is 0 Å². The average molecular weight is 198 g/mol. The molecule has 0 aliphatic heterocycles. The van der Waals surface area contributed by atoms with E-state index in [9.17, 15) is 10.2 Å². The first kappa shape index (κ1) is 10.4. The predicted molar refractivity (Wildman–Crippen MR) is 55.9 cm³/mol. The van der Waals surface area contributed by atoms with E-state index in [2.05, 4.69) is 13.8 Å². The van der Waals surface area contributed by atoms with Gasteiger partial charge in [0.2, 0.25) is 0 Å². The molecule has 0 saturated heterocycles. The summed E-state index contributed by atoms with van der Waals surface area (Å²) in [4.78, 5) is 0. The highest BCUT2D eigenvalue weighted by Gasteiger charge is 2.58. The van der Waals surface area contributed by atoms with Gasteiger partial charge in [0.1, 0.15) is 0 Å². The molecule has 82 valence electrons. The fourth-order valence-electron chi connectivity index (χ4n) is 3.68. The molecule has 2 heteroatoms. The Bertz CT molecular complexity index is 236. The van der Waals surface area contributed by atoms with Crippen molar-refractivity contribution in [1.82, 2.24) is 0 Å². The van der Waals surface area contributed by atoms with Gasteiger partial charge in [0, 0.05) is 0 Å². The minimum absolute atomic E-state index is 0.113. The molecule has 2 aliphatic rings. The molecular weight excluding hydrogens is 176 g/mol. The van der Waals surface area contributed by atoms with Crippen molar-refractivity contribution < 1.29 is 10.2 Å². The summed E-state index contributed by atoms with van der Waals surface area (Å²) in [6.45, 7) is 6.19. The van der Waals surface area contributed by atoms with Crippen LogP contribution in [0.1, 0.15) is 46.5 Å². The van der Waals surface area contributed by atoms with Crippen molar-refractivity contribution in [3.8, 4) is 0 Å². The molecule has 14 heavy (non-hydrogen) atoms. The van der Waals surface area contributed by atoms with Gasteiger partial charge in [-0.2, -0.15) is 0 Å². The molecule has 0 radical (unpaired) electrons. The van der Waals surface area contributed by atoms with E-state index in [1.165, 1.54) is 6.42 Å². The standard InChI is InChI=1S/C12H22O2/c1-4-12(14)9-6-5-8(7-9)11(2,3)10(12)13/h8-10,13-14H,4-7H2,1-3H3/t8-,9+,10+,12-/m1/s1. The number of hydrogen-bond acceptors (Lipinski definition) is 2. The van der Waals surface area contributed by atoms with Crippen LogP contribution in [0.4, 0.5) is 0 Å². The Labute approximate surface area is 86.3 Å². The van der Waals surface area contributed by atoms with Gasteiger partial charge in [-0.05, 0) is 42.9 Å². The highest BCUT2D eigenvalue weighted by Crippen LogP contribution is 2.56. The van der Waals surface area contributed by atoms with Crippen LogP contribution in [0, 0.1) is 17.3 Å². The fraction of sp³-hybridized carbons (Fsp3) is 1.00. The van der Waals surface area contributed by atoms with E-state index < -0.39 is 11.7 Å². The molecular formula is C12H22O2. The second kappa shape index (κ2) is 2.96. The third-order valence-electron chi connectivity index (χ3n) is 4.94. The van der Waals surface area contributed by atoms with Crippen LogP contribution in [0.3, 0.4) is 0 Å². The van der Waals surface area contributed by atoms with Gasteiger partial charge in [-0.3, -0.25) is 0 Å². The predicted octanol–water partition coefficient (Wildman–Crippen LogP) is 1.94. The summed E-state index contributed by atoms with van der Waals surface area (Å²) in [5.41, 5.74) is -0.936. The lowest BCUT2D eigenvalue weighted by Gasteiger charge is -2.50. The Kier molecular flexibility index (Phi) is 2.20. The first-order chi connectivity index (χ1) is 6.43. The molecule has 0 spiro atoms. The molecule has 0 aromatic rings. The molecule has 0 amide bonds. The van der Waals surface area contributed by atoms with Crippen molar-refractivity contribution in [2.24, 2.45) is 17.3 Å². The lowest BCUT2D eigenvalue weighted by molar-refractivity contribution is -0.187. The quantitative estimate of drug-likeness (QED) is 0.676. The third-order valence-corrected chi connectivity index (χ3v) is 4.94. The van der Waals surface area contributed by atoms with Crippen LogP contribution >= 0.6 is 0 Å². The van der Waals surface area contributed by atoms with Crippen molar-refractivity contribution in [1.29, 1.82) is 0 Å². The lowest BCUT2D eigenvalue weighted by atomic mass is 9.60. The zero-order chi connectivity index (χ0) is 10.6. The lowest BCUT2D eigenvalue weighted by Crippen LogP contribution is -2.58. The summed E-state index contributed by atoms with van der Waals surface area (Å²) in [6.07, 6.45) is 3.50. The first-order valence-electron chi connectivity index (χ1n) is 5.83. The minimum Gasteiger partial charge on any atom is -0.390 e. The fourth-order valence-corrected chi connectivity index (χ4v) is 3.68. The van der Waals surface area contributed by atoms with Crippen LogP contribution in [0.25, 0.3) is 0 Å². The summed E-state index contributed by atoms with van der Waals surface area (Å²) in [6, 6.07) is 0. The van der Waals surface area contributed by atoms with Crippen molar-refractivity contribution >= 4 is 0 Å². The first-order valence-corrected chi connectivity index (χ1v) is 5.83. The maximum absolute atomic E-state index is 10.5. The third kappa shape index (κ3) is 1.10. The molecule has 0 heterocycles. The van der Waals surface area contributed by atoms with Gasteiger partial charge in [0.05, 0.1) is 11.7 Å². The minimum atomic E-state index is -0.823. The molecule has 2 aliphatic carbocycles. The van der Waals surface area contributed by atoms with Crippen LogP contribution in [0.5, 0.6) is 0 Å². The zero-order valence-electron chi connectivity index (χ0n) is 9.45. The smallest absolute Gasteiger partial charge is 0.0936 e. The van der Waals surface area contributed by atoms with Crippen molar-refractivity contribution in [2.45, 2.75) is 58.2 Å². The number of aliphatic hydroxyl groups excluding tert-OH is 1. The van der Waals surface area contributed by atoms with Gasteiger partial charge in [0.15, 0.2) is 0 Å². The Morgan fingerprint density at radius 2 is 1.79 bits per heavy atom. The molecule has 2 N–H and O–H groups in total. The second-order valence-electron chi connectivity index (χ2n) is 5.78. The largest absolute Gasteiger partial charge is 0.390 e. The molecule has 2 nitrogen and oxygen atoms in total. The number of rotatable bonds is 1. The molecule has 0 aromatic carbocycles. The van der Waals surface area contributed by atoms with Crippen molar-refractivity contribution in [2.75, 3.05) is 0 Å². The molecule has 2 saturated carbocycles. The highest BCUT2D eigenvalue weighted by atomic mass is 16.3. The van der Waals surface area contributed by atoms with Crippen LogP contribution in [0.2, 0.25) is 0 Å². The Morgan fingerprint density at radius 3 is 2.36 bits per heavy atom. The second-order valence-corrected chi connectivity index (χ2v) is 5.78. The van der Waals surface area contributed by atoms with Crippen LogP contribution in [0.15, 0.2) is 0 Å². The van der Waals surface area contributed by atoms with Crippen molar-refractivity contribution in [3.05, 3.63) is 0 Å². The summed E-state index contributed by atoms with van der Waals surface area (Å²) in [5, 5.41) is 20.8. The SMILES string of the molecule is CC[C@@]1(O)[C@H]2CC[C@H](C2)C(C)(C)[C@@H]1O. The summed E-state index contributed by atoms with van der Waals surface area (Å²) in [5.74, 6) is 0.940. The zero-order valence-corrected chi connectivity index (χ0v) is 9.45. The van der Waals surface area contributed by atoms with E-state index in [-0.39, 0.29) is 5.41 Å². The van der Waals surface area contributed by atoms with Crippen LogP contribution < -0.4 is 0 Å². The molecule has 2 rings (SSSR count). The average Bonchev–Trinajstić information content (AvgIpc) is 2.61. The Morgan fingerprint density at radius 1 is 1.21 bits per heavy atom. The summed E-state index contributed by atoms with van der Waals surface area (Å²) < 4.78 is 0. The molecule has 4 atom stereocenters. The maximum atomic E-state index is 10.5. The Balaban J connectivity index is 2.36. The number of fused-ring (bicyclic) bond motifs is 2.